The van der Waals surface area contributed by atoms with Crippen LogP contribution in [0.1, 0.15) is 32.6 Å². The second-order valence-electron chi connectivity index (χ2n) is 4.40. The smallest absolute Gasteiger partial charge is 0.239 e. The number of nitrogens with two attached hydrogens (primary N) is 1. The fraction of sp³-hybridized carbons (Fsp3) is 0.909. The molecule has 0 radical (unpaired) electrons. The number of hydrogen-bond acceptors (Lipinski definition) is 3. The molecule has 1 saturated carbocycles. The molecule has 1 rings (SSSR count). The van der Waals surface area contributed by atoms with E-state index in [0.717, 1.165) is 0 Å². The number of halogens is 1. The van der Waals surface area contributed by atoms with Crippen molar-refractivity contribution in [2.75, 3.05) is 13.7 Å². The van der Waals surface area contributed by atoms with E-state index in [1.54, 1.807) is 7.11 Å². The van der Waals surface area contributed by atoms with Crippen molar-refractivity contribution in [3.63, 3.8) is 0 Å². The summed E-state index contributed by atoms with van der Waals surface area (Å²) < 4.78 is 4.85. The maximum atomic E-state index is 11.6. The topological polar surface area (TPSA) is 64.3 Å². The molecule has 0 aliphatic heterocycles. The fourth-order valence-electron chi connectivity index (χ4n) is 2.16. The Bertz CT molecular complexity index is 208. The lowest BCUT2D eigenvalue weighted by Gasteiger charge is -2.22. The summed E-state index contributed by atoms with van der Waals surface area (Å²) >= 11 is 0. The maximum absolute atomic E-state index is 11.6. The van der Waals surface area contributed by atoms with E-state index in [1.807, 2.05) is 0 Å². The first-order valence-electron chi connectivity index (χ1n) is 5.70. The summed E-state index contributed by atoms with van der Waals surface area (Å²) in [6, 6.07) is -0.304. The van der Waals surface area contributed by atoms with Crippen LogP contribution in [0.15, 0.2) is 0 Å². The van der Waals surface area contributed by atoms with Gasteiger partial charge in [0, 0.05) is 13.2 Å². The number of ether oxygens (including phenoxy) is 1. The Morgan fingerprint density at radius 3 is 2.56 bits per heavy atom. The number of carbonyl (C=O) groups is 1. The molecule has 1 amide bonds. The molecule has 0 aromatic carbocycles. The van der Waals surface area contributed by atoms with Crippen molar-refractivity contribution in [2.24, 2.45) is 11.7 Å². The second-order valence-corrected chi connectivity index (χ2v) is 4.40. The number of carbonyl (C=O) groups excluding carboxylic acids is 1. The highest BCUT2D eigenvalue weighted by Crippen LogP contribution is 2.27. The normalized spacial score (nSPS) is 19.9. The minimum Gasteiger partial charge on any atom is -0.383 e. The third-order valence-electron chi connectivity index (χ3n) is 3.16. The summed E-state index contributed by atoms with van der Waals surface area (Å²) in [6.07, 6.45) is 5.02. The van der Waals surface area contributed by atoms with Gasteiger partial charge in [-0.25, -0.2) is 0 Å². The van der Waals surface area contributed by atoms with E-state index >= 15 is 0 Å². The minimum absolute atomic E-state index is 0. The molecule has 3 N–H and O–H groups in total. The highest BCUT2D eigenvalue weighted by atomic mass is 35.5. The lowest BCUT2D eigenvalue weighted by atomic mass is 9.99. The summed E-state index contributed by atoms with van der Waals surface area (Å²) in [5.74, 6) is 0.528. The third-order valence-corrected chi connectivity index (χ3v) is 3.16. The Kier molecular flexibility index (Phi) is 7.72. The van der Waals surface area contributed by atoms with Gasteiger partial charge in [0.05, 0.1) is 6.61 Å². The van der Waals surface area contributed by atoms with Crippen molar-refractivity contribution in [1.82, 2.24) is 5.32 Å². The molecule has 0 aromatic rings. The lowest BCUT2D eigenvalue weighted by Crippen LogP contribution is -2.48. The average Bonchev–Trinajstić information content (AvgIpc) is 2.70. The van der Waals surface area contributed by atoms with Crippen LogP contribution in [0.5, 0.6) is 0 Å². The van der Waals surface area contributed by atoms with Gasteiger partial charge in [0.1, 0.15) is 6.04 Å². The molecule has 16 heavy (non-hydrogen) atoms. The largest absolute Gasteiger partial charge is 0.383 e. The van der Waals surface area contributed by atoms with Crippen LogP contribution in [0.4, 0.5) is 0 Å². The predicted octanol–water partition coefficient (Wildman–Crippen LogP) is 1.08. The van der Waals surface area contributed by atoms with Gasteiger partial charge in [0.15, 0.2) is 0 Å². The van der Waals surface area contributed by atoms with E-state index < -0.39 is 6.04 Å². The lowest BCUT2D eigenvalue weighted by molar-refractivity contribution is -0.124. The maximum Gasteiger partial charge on any atom is 0.239 e. The zero-order valence-corrected chi connectivity index (χ0v) is 10.9. The standard InChI is InChI=1S/C11H22N2O2.ClH/c1-8(9-5-3-4-6-9)13-11(14)10(12)7-15-2;/h8-10H,3-7,12H2,1-2H3,(H,13,14);1H. The Morgan fingerprint density at radius 2 is 2.06 bits per heavy atom. The molecule has 4 nitrogen and oxygen atoms in total. The first-order chi connectivity index (χ1) is 7.15. The van der Waals surface area contributed by atoms with Crippen LogP contribution in [0.2, 0.25) is 0 Å². The number of amides is 1. The fourth-order valence-corrected chi connectivity index (χ4v) is 2.16. The highest BCUT2D eigenvalue weighted by molar-refractivity contribution is 5.85. The Balaban J connectivity index is 0.00000225. The van der Waals surface area contributed by atoms with Crippen LogP contribution in [-0.2, 0) is 9.53 Å². The Hall–Kier alpha value is -0.320. The molecule has 0 heterocycles. The Labute approximate surface area is 104 Å². The highest BCUT2D eigenvalue weighted by Gasteiger charge is 2.24. The summed E-state index contributed by atoms with van der Waals surface area (Å²) in [5, 5.41) is 2.96. The van der Waals surface area contributed by atoms with Crippen LogP contribution in [-0.4, -0.2) is 31.7 Å². The van der Waals surface area contributed by atoms with Crippen LogP contribution < -0.4 is 11.1 Å². The molecular weight excluding hydrogens is 228 g/mol. The van der Waals surface area contributed by atoms with Gasteiger partial charge >= 0.3 is 0 Å². The first kappa shape index (κ1) is 15.7. The molecular formula is C11H23ClN2O2. The molecule has 5 heteroatoms. The molecule has 0 bridgehead atoms. The molecule has 2 unspecified atom stereocenters. The monoisotopic (exact) mass is 250 g/mol. The van der Waals surface area contributed by atoms with Crippen molar-refractivity contribution in [2.45, 2.75) is 44.7 Å². The number of nitrogens with one attached hydrogen (secondary N) is 1. The summed E-state index contributed by atoms with van der Waals surface area (Å²) in [7, 11) is 1.55. The van der Waals surface area contributed by atoms with Gasteiger partial charge in [-0.15, -0.1) is 12.4 Å². The van der Waals surface area contributed by atoms with Gasteiger partial charge in [-0.3, -0.25) is 4.79 Å². The van der Waals surface area contributed by atoms with Crippen LogP contribution in [0.3, 0.4) is 0 Å². The van der Waals surface area contributed by atoms with Gasteiger partial charge < -0.3 is 15.8 Å². The summed E-state index contributed by atoms with van der Waals surface area (Å²) in [4.78, 5) is 11.6. The van der Waals surface area contributed by atoms with Gasteiger partial charge in [0.25, 0.3) is 0 Å². The SMILES string of the molecule is COCC(N)C(=O)NC(C)C1CCCC1.Cl. The van der Waals surface area contributed by atoms with E-state index in [2.05, 4.69) is 12.2 Å². The second kappa shape index (κ2) is 7.87. The molecule has 0 aromatic heterocycles. The third kappa shape index (κ3) is 4.68. The molecule has 1 aliphatic carbocycles. The van der Waals surface area contributed by atoms with Crippen molar-refractivity contribution in [1.29, 1.82) is 0 Å². The quantitative estimate of drug-likeness (QED) is 0.768. The van der Waals surface area contributed by atoms with Crippen molar-refractivity contribution in [3.05, 3.63) is 0 Å². The molecule has 2 atom stereocenters. The van der Waals surface area contributed by atoms with Gasteiger partial charge in [0.2, 0.25) is 5.91 Å². The summed E-state index contributed by atoms with van der Waals surface area (Å²) in [6.45, 7) is 2.34. The summed E-state index contributed by atoms with van der Waals surface area (Å²) in [5.41, 5.74) is 5.64. The van der Waals surface area contributed by atoms with E-state index in [9.17, 15) is 4.79 Å². The van der Waals surface area contributed by atoms with Crippen molar-refractivity contribution in [3.8, 4) is 0 Å². The molecule has 1 aliphatic rings. The number of hydrogen-bond donors (Lipinski definition) is 2. The van der Waals surface area contributed by atoms with E-state index in [0.29, 0.717) is 5.92 Å². The van der Waals surface area contributed by atoms with Crippen molar-refractivity contribution < 1.29 is 9.53 Å². The zero-order valence-electron chi connectivity index (χ0n) is 10.1. The minimum atomic E-state index is -0.543. The van der Waals surface area contributed by atoms with Crippen LogP contribution in [0.25, 0.3) is 0 Å². The van der Waals surface area contributed by atoms with Crippen LogP contribution >= 0.6 is 12.4 Å². The van der Waals surface area contributed by atoms with E-state index in [-0.39, 0.29) is 31.0 Å². The Morgan fingerprint density at radius 1 is 1.50 bits per heavy atom. The van der Waals surface area contributed by atoms with E-state index in [4.69, 9.17) is 10.5 Å². The van der Waals surface area contributed by atoms with Gasteiger partial charge in [-0.2, -0.15) is 0 Å². The number of methoxy groups -OCH3 is 1. The molecule has 1 fully saturated rings. The molecule has 0 saturated heterocycles. The molecule has 96 valence electrons. The van der Waals surface area contributed by atoms with Crippen molar-refractivity contribution >= 4 is 18.3 Å². The molecule has 0 spiro atoms. The average molecular weight is 251 g/mol. The number of rotatable bonds is 5. The van der Waals surface area contributed by atoms with E-state index in [1.165, 1.54) is 25.7 Å². The van der Waals surface area contributed by atoms with Gasteiger partial charge in [-0.05, 0) is 25.7 Å². The predicted molar refractivity (Wildman–Crippen MR) is 66.7 cm³/mol. The first-order valence-corrected chi connectivity index (χ1v) is 5.70. The van der Waals surface area contributed by atoms with Gasteiger partial charge in [-0.1, -0.05) is 12.8 Å². The van der Waals surface area contributed by atoms with Crippen LogP contribution in [0, 0.1) is 5.92 Å². The zero-order chi connectivity index (χ0) is 11.3.